The number of Topliss-reactive ketones (excluding diaryl/α,β-unsaturated/α-hetero) is 1. The average Bonchev–Trinajstić information content (AvgIpc) is 2.32. The second kappa shape index (κ2) is 4.28. The molecule has 0 saturated heterocycles. The van der Waals surface area contributed by atoms with Crippen LogP contribution in [-0.4, -0.2) is 28.4 Å². The van der Waals surface area contributed by atoms with E-state index in [0.29, 0.717) is 0 Å². The number of rotatable bonds is 2. The molecule has 0 spiro atoms. The van der Waals surface area contributed by atoms with Crippen molar-refractivity contribution >= 4 is 17.4 Å². The van der Waals surface area contributed by atoms with Crippen molar-refractivity contribution in [3.63, 3.8) is 0 Å². The molecule has 1 aromatic carbocycles. The van der Waals surface area contributed by atoms with Gasteiger partial charge in [-0.1, -0.05) is 0 Å². The van der Waals surface area contributed by atoms with Gasteiger partial charge in [-0.05, 0) is 6.07 Å². The summed E-state index contributed by atoms with van der Waals surface area (Å²) in [5.74, 6) is -1.62. The molecule has 0 fully saturated rings. The maximum atomic E-state index is 11.9. The number of non-ortho nitro benzene ring substituents is 1. The van der Waals surface area contributed by atoms with E-state index in [0.717, 1.165) is 12.1 Å². The number of carboxylic acid groups (broad SMARTS) is 1. The SMILES string of the molecule is O=C(O)/C=C1/COc2ccc([N+](=O)[O-])cc2C1=O. The van der Waals surface area contributed by atoms with Gasteiger partial charge < -0.3 is 9.84 Å². The van der Waals surface area contributed by atoms with Gasteiger partial charge in [-0.2, -0.15) is 0 Å². The van der Waals surface area contributed by atoms with Crippen LogP contribution in [0.5, 0.6) is 5.75 Å². The van der Waals surface area contributed by atoms with E-state index in [-0.39, 0.29) is 29.2 Å². The lowest BCUT2D eigenvalue weighted by molar-refractivity contribution is -0.384. The van der Waals surface area contributed by atoms with Crippen molar-refractivity contribution in [1.29, 1.82) is 0 Å². The summed E-state index contributed by atoms with van der Waals surface area (Å²) in [4.78, 5) is 32.4. The predicted molar refractivity (Wildman–Crippen MR) is 58.6 cm³/mol. The van der Waals surface area contributed by atoms with Crippen LogP contribution in [0.4, 0.5) is 5.69 Å². The van der Waals surface area contributed by atoms with E-state index in [1.165, 1.54) is 12.1 Å². The van der Waals surface area contributed by atoms with Gasteiger partial charge in [0.1, 0.15) is 12.4 Å². The number of fused-ring (bicyclic) bond motifs is 1. The number of nitrogens with zero attached hydrogens (tertiary/aromatic N) is 1. The van der Waals surface area contributed by atoms with Crippen LogP contribution < -0.4 is 4.74 Å². The summed E-state index contributed by atoms with van der Waals surface area (Å²) in [6.45, 7) is -0.157. The smallest absolute Gasteiger partial charge is 0.328 e. The molecule has 0 aliphatic carbocycles. The zero-order chi connectivity index (χ0) is 13.3. The third kappa shape index (κ3) is 2.05. The number of carboxylic acids is 1. The highest BCUT2D eigenvalue weighted by molar-refractivity contribution is 6.14. The highest BCUT2D eigenvalue weighted by atomic mass is 16.6. The number of aliphatic carboxylic acids is 1. The molecule has 1 N–H and O–H groups in total. The first-order valence-corrected chi connectivity index (χ1v) is 4.88. The Labute approximate surface area is 100 Å². The van der Waals surface area contributed by atoms with E-state index >= 15 is 0 Å². The van der Waals surface area contributed by atoms with Crippen molar-refractivity contribution in [3.05, 3.63) is 45.5 Å². The Morgan fingerprint density at radius 2 is 2.22 bits per heavy atom. The molecule has 1 aliphatic heterocycles. The maximum absolute atomic E-state index is 11.9. The second-order valence-electron chi connectivity index (χ2n) is 3.56. The van der Waals surface area contributed by atoms with E-state index in [2.05, 4.69) is 0 Å². The minimum atomic E-state index is -1.27. The van der Waals surface area contributed by atoms with Crippen LogP contribution in [0.2, 0.25) is 0 Å². The van der Waals surface area contributed by atoms with Crippen LogP contribution in [0, 0.1) is 10.1 Å². The summed E-state index contributed by atoms with van der Waals surface area (Å²) in [5.41, 5.74) is -0.291. The highest BCUT2D eigenvalue weighted by Gasteiger charge is 2.26. The molecule has 0 amide bonds. The van der Waals surface area contributed by atoms with Gasteiger partial charge in [0.15, 0.2) is 5.78 Å². The van der Waals surface area contributed by atoms with Gasteiger partial charge in [0.2, 0.25) is 0 Å². The van der Waals surface area contributed by atoms with E-state index < -0.39 is 16.7 Å². The second-order valence-corrected chi connectivity index (χ2v) is 3.56. The molecule has 18 heavy (non-hydrogen) atoms. The molecule has 7 nitrogen and oxygen atoms in total. The Balaban J connectivity index is 2.47. The minimum Gasteiger partial charge on any atom is -0.488 e. The topological polar surface area (TPSA) is 107 Å². The fourth-order valence-corrected chi connectivity index (χ4v) is 1.59. The van der Waals surface area contributed by atoms with Gasteiger partial charge in [-0.25, -0.2) is 4.79 Å². The molecule has 0 aromatic heterocycles. The summed E-state index contributed by atoms with van der Waals surface area (Å²) < 4.78 is 5.17. The standard InChI is InChI=1S/C11H7NO6/c13-10(14)3-6-5-18-9-2-1-7(12(16)17)4-8(9)11(6)15/h1-4H,5H2,(H,13,14)/b6-3-. The lowest BCUT2D eigenvalue weighted by atomic mass is 9.99. The van der Waals surface area contributed by atoms with Gasteiger partial charge in [0.25, 0.3) is 5.69 Å². The molecule has 1 heterocycles. The van der Waals surface area contributed by atoms with E-state index in [1.54, 1.807) is 0 Å². The number of carbonyl (C=O) groups is 2. The largest absolute Gasteiger partial charge is 0.488 e. The molecule has 1 aromatic rings. The van der Waals surface area contributed by atoms with Crippen LogP contribution in [0.1, 0.15) is 10.4 Å². The maximum Gasteiger partial charge on any atom is 0.328 e. The van der Waals surface area contributed by atoms with Gasteiger partial charge in [-0.15, -0.1) is 0 Å². The Morgan fingerprint density at radius 3 is 2.83 bits per heavy atom. The molecule has 0 unspecified atom stereocenters. The van der Waals surface area contributed by atoms with Crippen LogP contribution in [-0.2, 0) is 4.79 Å². The molecule has 7 heteroatoms. The number of ketones is 1. The summed E-state index contributed by atoms with van der Waals surface area (Å²) in [7, 11) is 0. The lowest BCUT2D eigenvalue weighted by Crippen LogP contribution is -2.20. The number of hydrogen-bond acceptors (Lipinski definition) is 5. The van der Waals surface area contributed by atoms with Crippen molar-refractivity contribution in [2.45, 2.75) is 0 Å². The number of carbonyl (C=O) groups excluding carboxylic acids is 1. The first-order valence-electron chi connectivity index (χ1n) is 4.88. The van der Waals surface area contributed by atoms with Crippen molar-refractivity contribution in [2.75, 3.05) is 6.61 Å². The Morgan fingerprint density at radius 1 is 1.50 bits per heavy atom. The van der Waals surface area contributed by atoms with Crippen LogP contribution >= 0.6 is 0 Å². The number of hydrogen-bond donors (Lipinski definition) is 1. The number of ether oxygens (including phenoxy) is 1. The number of nitro benzene ring substituents is 1. The van der Waals surface area contributed by atoms with Crippen LogP contribution in [0.25, 0.3) is 0 Å². The van der Waals surface area contributed by atoms with E-state index in [9.17, 15) is 19.7 Å². The van der Waals surface area contributed by atoms with E-state index in [4.69, 9.17) is 9.84 Å². The molecule has 0 bridgehead atoms. The number of nitro groups is 1. The normalized spacial score (nSPS) is 16.0. The third-order valence-electron chi connectivity index (χ3n) is 2.39. The lowest BCUT2D eigenvalue weighted by Gasteiger charge is -2.17. The summed E-state index contributed by atoms with van der Waals surface area (Å²) in [6.07, 6.45) is 0.740. The van der Waals surface area contributed by atoms with Gasteiger partial charge in [-0.3, -0.25) is 14.9 Å². The van der Waals surface area contributed by atoms with Crippen molar-refractivity contribution < 1.29 is 24.4 Å². The Kier molecular flexibility index (Phi) is 2.80. The average molecular weight is 249 g/mol. The first-order chi connectivity index (χ1) is 8.49. The Hall–Kier alpha value is -2.70. The van der Waals surface area contributed by atoms with E-state index in [1.807, 2.05) is 0 Å². The van der Waals surface area contributed by atoms with Gasteiger partial charge >= 0.3 is 5.97 Å². The number of benzene rings is 1. The van der Waals surface area contributed by atoms with Crippen molar-refractivity contribution in [2.24, 2.45) is 0 Å². The molecule has 0 atom stereocenters. The highest BCUT2D eigenvalue weighted by Crippen LogP contribution is 2.30. The fourth-order valence-electron chi connectivity index (χ4n) is 1.59. The summed E-state index contributed by atoms with van der Waals surface area (Å²) in [5, 5.41) is 19.2. The van der Waals surface area contributed by atoms with Gasteiger partial charge in [0, 0.05) is 23.8 Å². The molecule has 2 rings (SSSR count). The van der Waals surface area contributed by atoms with Crippen LogP contribution in [0.15, 0.2) is 29.8 Å². The third-order valence-corrected chi connectivity index (χ3v) is 2.39. The van der Waals surface area contributed by atoms with Crippen molar-refractivity contribution in [3.8, 4) is 5.75 Å². The quantitative estimate of drug-likeness (QED) is 0.479. The summed E-state index contributed by atoms with van der Waals surface area (Å²) in [6, 6.07) is 3.62. The monoisotopic (exact) mass is 249 g/mol. The first kappa shape index (κ1) is 11.8. The van der Waals surface area contributed by atoms with Gasteiger partial charge in [0.05, 0.1) is 10.5 Å². The molecule has 1 aliphatic rings. The molecule has 92 valence electrons. The summed E-state index contributed by atoms with van der Waals surface area (Å²) >= 11 is 0. The zero-order valence-electron chi connectivity index (χ0n) is 8.95. The van der Waals surface area contributed by atoms with Crippen LogP contribution in [0.3, 0.4) is 0 Å². The molecular weight excluding hydrogens is 242 g/mol. The van der Waals surface area contributed by atoms with Crippen molar-refractivity contribution in [1.82, 2.24) is 0 Å². The predicted octanol–water partition coefficient (Wildman–Crippen LogP) is 1.18. The minimum absolute atomic E-state index is 0.00273. The molecule has 0 radical (unpaired) electrons. The Bertz CT molecular complexity index is 589. The molecule has 0 saturated carbocycles. The zero-order valence-corrected chi connectivity index (χ0v) is 8.95. The fraction of sp³-hybridized carbons (Fsp3) is 0.0909. The molecular formula is C11H7NO6.